The van der Waals surface area contributed by atoms with Gasteiger partial charge in [0, 0.05) is 25.9 Å². The highest BCUT2D eigenvalue weighted by Crippen LogP contribution is 2.20. The van der Waals surface area contributed by atoms with Crippen LogP contribution in [0.15, 0.2) is 24.3 Å². The Morgan fingerprint density at radius 2 is 1.94 bits per heavy atom. The summed E-state index contributed by atoms with van der Waals surface area (Å²) in [6.45, 7) is 6.66. The Morgan fingerprint density at radius 1 is 1.21 bits per heavy atom. The van der Waals surface area contributed by atoms with Crippen molar-refractivity contribution >= 4 is 42.6 Å². The highest BCUT2D eigenvalue weighted by atomic mass is 28.3. The lowest BCUT2D eigenvalue weighted by atomic mass is 9.97. The van der Waals surface area contributed by atoms with Crippen LogP contribution in [-0.4, -0.2) is 55.3 Å². The van der Waals surface area contributed by atoms with E-state index < -0.39 is 49.6 Å². The number of halogens is 1. The smallest absolute Gasteiger partial charge is 0.268 e. The maximum atomic E-state index is 14.0. The van der Waals surface area contributed by atoms with Crippen molar-refractivity contribution in [2.45, 2.75) is 50.6 Å². The number of carbonyl (C=O) groups excluding carboxylic acids is 4. The summed E-state index contributed by atoms with van der Waals surface area (Å²) >= 11 is 0. The maximum Gasteiger partial charge on any atom is 0.268 e. The molecule has 9 nitrogen and oxygen atoms in total. The van der Waals surface area contributed by atoms with Gasteiger partial charge in [-0.3, -0.25) is 19.2 Å². The Hall–Kier alpha value is -3.21. The summed E-state index contributed by atoms with van der Waals surface area (Å²) in [7, 11) is -1.84. The van der Waals surface area contributed by atoms with E-state index in [1.807, 2.05) is 19.6 Å². The van der Waals surface area contributed by atoms with Gasteiger partial charge in [-0.1, -0.05) is 31.8 Å². The van der Waals surface area contributed by atoms with Crippen molar-refractivity contribution in [2.75, 3.05) is 6.54 Å². The van der Waals surface area contributed by atoms with Crippen LogP contribution in [0, 0.1) is 11.7 Å². The van der Waals surface area contributed by atoms with Crippen molar-refractivity contribution in [1.82, 2.24) is 20.9 Å². The lowest BCUT2D eigenvalue weighted by molar-refractivity contribution is -0.129. The summed E-state index contributed by atoms with van der Waals surface area (Å²) in [4.78, 5) is 52.6. The molecular weight excluding hydrogens is 445 g/mol. The molecule has 0 radical (unpaired) electrons. The van der Waals surface area contributed by atoms with Crippen LogP contribution >= 0.6 is 0 Å². The number of hydrogen-bond acceptors (Lipinski definition) is 4. The minimum atomic E-state index is -1.84. The summed E-state index contributed by atoms with van der Waals surface area (Å²) in [5.74, 6) is -2.91. The van der Waals surface area contributed by atoms with E-state index >= 15 is 0 Å². The molecule has 0 aliphatic carbocycles. The number of para-hydroxylation sites is 1. The van der Waals surface area contributed by atoms with E-state index in [0.29, 0.717) is 24.4 Å². The number of rotatable bonds is 9. The molecule has 2 heterocycles. The second kappa shape index (κ2) is 9.73. The molecule has 2 aromatic rings. The molecule has 1 aliphatic rings. The van der Waals surface area contributed by atoms with Crippen LogP contribution in [0.5, 0.6) is 0 Å². The Kier molecular flexibility index (Phi) is 7.21. The van der Waals surface area contributed by atoms with Crippen LogP contribution in [0.4, 0.5) is 4.39 Å². The number of benzene rings is 1. The number of hydrogen-bond donors (Lipinski definition) is 5. The van der Waals surface area contributed by atoms with Crippen LogP contribution in [0.3, 0.4) is 0 Å². The van der Waals surface area contributed by atoms with Crippen molar-refractivity contribution in [3.05, 3.63) is 35.8 Å². The van der Waals surface area contributed by atoms with E-state index in [1.54, 1.807) is 12.1 Å². The summed E-state index contributed by atoms with van der Waals surface area (Å²) in [6, 6.07) is 4.49. The fourth-order valence-electron chi connectivity index (χ4n) is 3.97. The molecule has 0 spiro atoms. The first-order valence-electron chi connectivity index (χ1n) is 10.9. The van der Waals surface area contributed by atoms with Gasteiger partial charge in [-0.25, -0.2) is 4.39 Å². The first kappa shape index (κ1) is 24.4. The number of nitrogens with one attached hydrogen (secondary N) is 4. The standard InChI is InChI=1S/C22H30FN5O4Si/c1-33(2,3)11-17(22(32)27-15(19(24)29)10-13-7-8-25-20(13)30)28-21(31)16-9-12-5-4-6-14(23)18(12)26-16/h4-6,9,13,15,17,26H,7-8,10-11H2,1-3H3,(H2,24,29)(H,25,30)(H,27,32)(H,28,31)/t13-,15-,17-/m0/s1. The van der Waals surface area contributed by atoms with Crippen LogP contribution < -0.4 is 21.7 Å². The Bertz CT molecular complexity index is 1080. The van der Waals surface area contributed by atoms with Crippen molar-refractivity contribution in [3.8, 4) is 0 Å². The minimum Gasteiger partial charge on any atom is -0.368 e. The van der Waals surface area contributed by atoms with Gasteiger partial charge in [-0.2, -0.15) is 0 Å². The quantitative estimate of drug-likeness (QED) is 0.347. The second-order valence-corrected chi connectivity index (χ2v) is 15.2. The van der Waals surface area contributed by atoms with Crippen LogP contribution in [0.2, 0.25) is 25.7 Å². The number of aromatic amines is 1. The molecule has 4 amide bonds. The Balaban J connectivity index is 1.76. The Labute approximate surface area is 192 Å². The maximum absolute atomic E-state index is 14.0. The third-order valence-corrected chi connectivity index (χ3v) is 7.26. The summed E-state index contributed by atoms with van der Waals surface area (Å²) in [5, 5.41) is 8.57. The lowest BCUT2D eigenvalue weighted by Gasteiger charge is -2.27. The summed E-state index contributed by atoms with van der Waals surface area (Å²) < 4.78 is 14.0. The van der Waals surface area contributed by atoms with Crippen molar-refractivity contribution in [1.29, 1.82) is 0 Å². The molecule has 11 heteroatoms. The first-order chi connectivity index (χ1) is 15.4. The zero-order chi connectivity index (χ0) is 24.3. The van der Waals surface area contributed by atoms with Gasteiger partial charge < -0.3 is 26.7 Å². The van der Waals surface area contributed by atoms with Gasteiger partial charge in [0.1, 0.15) is 23.6 Å². The first-order valence-corrected chi connectivity index (χ1v) is 14.6. The van der Waals surface area contributed by atoms with E-state index in [1.165, 1.54) is 12.1 Å². The normalized spacial score (nSPS) is 17.9. The predicted octanol–water partition coefficient (Wildman–Crippen LogP) is 1.24. The predicted molar refractivity (Wildman–Crippen MR) is 125 cm³/mol. The van der Waals surface area contributed by atoms with Gasteiger partial charge in [0.05, 0.1) is 5.52 Å². The molecular formula is C22H30FN5O4Si. The third-order valence-electron chi connectivity index (χ3n) is 5.63. The molecule has 6 N–H and O–H groups in total. The second-order valence-electron chi connectivity index (χ2n) is 9.65. The number of carbonyl (C=O) groups is 4. The number of amides is 4. The largest absolute Gasteiger partial charge is 0.368 e. The zero-order valence-electron chi connectivity index (χ0n) is 19.0. The zero-order valence-corrected chi connectivity index (χ0v) is 20.0. The number of aromatic nitrogens is 1. The molecule has 3 rings (SSSR count). The molecule has 1 saturated heterocycles. The fourth-order valence-corrected chi connectivity index (χ4v) is 5.48. The SMILES string of the molecule is C[Si](C)(C)C[C@H](NC(=O)c1cc2cccc(F)c2[nH]1)C(=O)N[C@@H](C[C@@H]1CCNC1=O)C(N)=O. The van der Waals surface area contributed by atoms with Crippen molar-refractivity contribution in [3.63, 3.8) is 0 Å². The monoisotopic (exact) mass is 475 g/mol. The highest BCUT2D eigenvalue weighted by molar-refractivity contribution is 6.76. The van der Waals surface area contributed by atoms with Crippen LogP contribution in [0.25, 0.3) is 10.9 Å². The van der Waals surface area contributed by atoms with Crippen LogP contribution in [0.1, 0.15) is 23.3 Å². The van der Waals surface area contributed by atoms with Crippen molar-refractivity contribution in [2.24, 2.45) is 11.7 Å². The molecule has 1 aliphatic heterocycles. The average Bonchev–Trinajstić information content (AvgIpc) is 3.33. The molecule has 0 bridgehead atoms. The topological polar surface area (TPSA) is 146 Å². The van der Waals surface area contributed by atoms with Crippen LogP contribution in [-0.2, 0) is 14.4 Å². The number of fused-ring (bicyclic) bond motifs is 1. The Morgan fingerprint density at radius 3 is 2.52 bits per heavy atom. The van der Waals surface area contributed by atoms with Gasteiger partial charge in [0.15, 0.2) is 0 Å². The van der Waals surface area contributed by atoms with E-state index in [0.717, 1.165) is 0 Å². The fraction of sp³-hybridized carbons (Fsp3) is 0.455. The number of H-pyrrole nitrogens is 1. The molecule has 1 aromatic heterocycles. The molecule has 33 heavy (non-hydrogen) atoms. The average molecular weight is 476 g/mol. The van der Waals surface area contributed by atoms with Gasteiger partial charge in [-0.15, -0.1) is 0 Å². The molecule has 1 fully saturated rings. The lowest BCUT2D eigenvalue weighted by Crippen LogP contribution is -2.55. The molecule has 0 saturated carbocycles. The van der Waals surface area contributed by atoms with Gasteiger partial charge in [-0.05, 0) is 31.0 Å². The molecule has 178 valence electrons. The van der Waals surface area contributed by atoms with E-state index in [9.17, 15) is 23.6 Å². The molecule has 3 atom stereocenters. The van der Waals surface area contributed by atoms with E-state index in [2.05, 4.69) is 20.9 Å². The summed E-state index contributed by atoms with van der Waals surface area (Å²) in [5.41, 5.74) is 5.81. The number of nitrogens with two attached hydrogens (primary N) is 1. The molecule has 1 aromatic carbocycles. The van der Waals surface area contributed by atoms with Gasteiger partial charge in [0.25, 0.3) is 5.91 Å². The number of primary amides is 1. The molecule has 0 unspecified atom stereocenters. The van der Waals surface area contributed by atoms with E-state index in [4.69, 9.17) is 5.73 Å². The van der Waals surface area contributed by atoms with Gasteiger partial charge >= 0.3 is 0 Å². The minimum absolute atomic E-state index is 0.0990. The van der Waals surface area contributed by atoms with E-state index in [-0.39, 0.29) is 23.5 Å². The third kappa shape index (κ3) is 6.19. The highest BCUT2D eigenvalue weighted by Gasteiger charge is 2.34. The van der Waals surface area contributed by atoms with Crippen molar-refractivity contribution < 1.29 is 23.6 Å². The van der Waals surface area contributed by atoms with Gasteiger partial charge in [0.2, 0.25) is 17.7 Å². The summed E-state index contributed by atoms with van der Waals surface area (Å²) in [6.07, 6.45) is 0.659.